The first-order valence-corrected chi connectivity index (χ1v) is 4.60. The fraction of sp³-hybridized carbons (Fsp3) is 0.667. The summed E-state index contributed by atoms with van der Waals surface area (Å²) in [6.45, 7) is 3.40. The molecule has 0 spiro atoms. The van der Waals surface area contributed by atoms with Crippen LogP contribution in [0.2, 0.25) is 0 Å². The third kappa shape index (κ3) is 31.6. The Hall–Kier alpha value is -1.18. The number of carboxylic acids is 3. The number of hydrogen-bond donors (Lipinski definition) is 3. The number of rotatable bonds is 3. The van der Waals surface area contributed by atoms with Crippen molar-refractivity contribution >= 4 is 17.9 Å². The van der Waals surface area contributed by atoms with E-state index in [9.17, 15) is 29.7 Å². The predicted octanol–water partition coefficient (Wildman–Crippen LogP) is -5.65. The van der Waals surface area contributed by atoms with Crippen molar-refractivity contribution in [1.82, 2.24) is 0 Å². The molecule has 19 heavy (non-hydrogen) atoms. The van der Waals surface area contributed by atoms with Crippen molar-refractivity contribution in [3.63, 3.8) is 0 Å². The molecule has 0 fully saturated rings. The van der Waals surface area contributed by atoms with Crippen LogP contribution in [0.1, 0.15) is 20.8 Å². The van der Waals surface area contributed by atoms with Crippen molar-refractivity contribution in [3.8, 4) is 0 Å². The monoisotopic (exact) mass is 319 g/mol. The molecule has 0 saturated heterocycles. The normalized spacial score (nSPS) is 12.9. The smallest absolute Gasteiger partial charge is 0.547 e. The molecule has 0 aliphatic rings. The van der Waals surface area contributed by atoms with Crippen LogP contribution in [0.5, 0.6) is 0 Å². The first-order chi connectivity index (χ1) is 7.93. The molecule has 0 heterocycles. The van der Waals surface area contributed by atoms with E-state index in [4.69, 9.17) is 15.3 Å². The fourth-order valence-corrected chi connectivity index (χ4v) is 0. The Morgan fingerprint density at radius 3 is 0.737 bits per heavy atom. The number of aliphatic hydroxyl groups is 3. The molecule has 0 aromatic heterocycles. The molecule has 3 atom stereocenters. The second kappa shape index (κ2) is 14.9. The Morgan fingerprint density at radius 1 is 0.684 bits per heavy atom. The van der Waals surface area contributed by atoms with Gasteiger partial charge in [0.1, 0.15) is 0 Å². The minimum Gasteiger partial charge on any atom is -0.547 e. The predicted molar refractivity (Wildman–Crippen MR) is 50.1 cm³/mol. The van der Waals surface area contributed by atoms with Crippen LogP contribution in [-0.4, -0.2) is 51.5 Å². The standard InChI is InChI=1S/3C3H6O3.Cr/c3*1-2(4)3(5)6;/h3*2,4H,1H3,(H,5,6);/q;;;+3/p-3. The molecule has 3 N–H and O–H groups in total. The van der Waals surface area contributed by atoms with Crippen molar-refractivity contribution in [2.45, 2.75) is 39.1 Å². The first-order valence-electron chi connectivity index (χ1n) is 4.60. The maximum atomic E-state index is 9.34. The van der Waals surface area contributed by atoms with Crippen LogP contribution >= 0.6 is 0 Å². The van der Waals surface area contributed by atoms with Gasteiger partial charge in [-0.15, -0.1) is 0 Å². The van der Waals surface area contributed by atoms with E-state index in [2.05, 4.69) is 0 Å². The number of hydrogen-bond acceptors (Lipinski definition) is 9. The van der Waals surface area contributed by atoms with Gasteiger partial charge in [-0.2, -0.15) is 0 Å². The summed E-state index contributed by atoms with van der Waals surface area (Å²) in [5, 5.41) is 51.9. The number of aliphatic carboxylic acids is 3. The molecule has 10 heteroatoms. The Balaban J connectivity index is -0.0000000865. The number of carbonyl (C=O) groups is 3. The molecular formula is C9H15CrO9. The van der Waals surface area contributed by atoms with Gasteiger partial charge < -0.3 is 45.0 Å². The van der Waals surface area contributed by atoms with Gasteiger partial charge in [0.2, 0.25) is 0 Å². The molecule has 1 radical (unpaired) electrons. The van der Waals surface area contributed by atoms with Crippen LogP contribution in [0.4, 0.5) is 0 Å². The van der Waals surface area contributed by atoms with Gasteiger partial charge in [0.25, 0.3) is 0 Å². The minimum absolute atomic E-state index is 0. The van der Waals surface area contributed by atoms with Crippen LogP contribution in [0.3, 0.4) is 0 Å². The second-order valence-electron chi connectivity index (χ2n) is 2.99. The molecule has 0 aliphatic carbocycles. The molecule has 3 unspecified atom stereocenters. The van der Waals surface area contributed by atoms with E-state index in [0.29, 0.717) is 0 Å². The molecule has 0 rings (SSSR count). The molecule has 0 aromatic rings. The van der Waals surface area contributed by atoms with Gasteiger partial charge in [-0.3, -0.25) is 0 Å². The average molecular weight is 319 g/mol. The minimum atomic E-state index is -1.44. The summed E-state index contributed by atoms with van der Waals surface area (Å²) in [5.41, 5.74) is 0. The number of carbonyl (C=O) groups excluding carboxylic acids is 3. The molecule has 9 nitrogen and oxygen atoms in total. The van der Waals surface area contributed by atoms with E-state index < -0.39 is 36.2 Å². The van der Waals surface area contributed by atoms with Gasteiger partial charge in [-0.25, -0.2) is 0 Å². The molecule has 0 amide bonds. The van der Waals surface area contributed by atoms with Crippen LogP contribution in [-0.2, 0) is 31.7 Å². The topological polar surface area (TPSA) is 181 Å². The van der Waals surface area contributed by atoms with E-state index in [-0.39, 0.29) is 17.4 Å². The zero-order valence-corrected chi connectivity index (χ0v) is 11.7. The Bertz CT molecular complexity index is 220. The molecule has 0 bridgehead atoms. The quantitative estimate of drug-likeness (QED) is 0.456. The fourth-order valence-electron chi connectivity index (χ4n) is 0. The summed E-state index contributed by atoms with van der Waals surface area (Å²) in [6, 6.07) is 0. The molecule has 0 aromatic carbocycles. The zero-order valence-electron chi connectivity index (χ0n) is 10.4. The van der Waals surface area contributed by atoms with Gasteiger partial charge in [-0.05, 0) is 20.8 Å². The summed E-state index contributed by atoms with van der Waals surface area (Å²) < 4.78 is 0. The van der Waals surface area contributed by atoms with Crippen molar-refractivity contribution in [2.75, 3.05) is 0 Å². The van der Waals surface area contributed by atoms with E-state index in [0.717, 1.165) is 20.8 Å². The average Bonchev–Trinajstić information content (AvgIpc) is 2.18. The molecule has 0 aliphatic heterocycles. The first kappa shape index (κ1) is 26.4. The summed E-state index contributed by atoms with van der Waals surface area (Å²) in [7, 11) is 0. The van der Waals surface area contributed by atoms with Gasteiger partial charge in [-0.1, -0.05) is 0 Å². The Labute approximate surface area is 120 Å². The maximum absolute atomic E-state index is 9.34. The van der Waals surface area contributed by atoms with Crippen LogP contribution in [0.15, 0.2) is 0 Å². The van der Waals surface area contributed by atoms with Gasteiger partial charge >= 0.3 is 17.4 Å². The van der Waals surface area contributed by atoms with Crippen LogP contribution < -0.4 is 15.3 Å². The van der Waals surface area contributed by atoms with E-state index in [1.54, 1.807) is 0 Å². The Kier molecular flexibility index (Phi) is 20.7. The van der Waals surface area contributed by atoms with Gasteiger partial charge in [0, 0.05) is 0 Å². The van der Waals surface area contributed by atoms with E-state index in [1.165, 1.54) is 0 Å². The van der Waals surface area contributed by atoms with E-state index in [1.807, 2.05) is 0 Å². The largest absolute Gasteiger partial charge is 3.00 e. The number of carboxylic acid groups (broad SMARTS) is 3. The summed E-state index contributed by atoms with van der Waals surface area (Å²) in [6.07, 6.45) is -4.03. The second-order valence-corrected chi connectivity index (χ2v) is 2.99. The van der Waals surface area contributed by atoms with Gasteiger partial charge in [0.15, 0.2) is 0 Å². The van der Waals surface area contributed by atoms with Crippen molar-refractivity contribution in [2.24, 2.45) is 0 Å². The SMILES string of the molecule is CC(O)C(=O)[O-].CC(O)C(=O)[O-].CC(O)C(=O)[O-].[Cr+3]. The third-order valence-electron chi connectivity index (χ3n) is 1.02. The number of aliphatic hydroxyl groups excluding tert-OH is 3. The maximum Gasteiger partial charge on any atom is 3.00 e. The van der Waals surface area contributed by atoms with Crippen molar-refractivity contribution in [1.29, 1.82) is 0 Å². The van der Waals surface area contributed by atoms with Gasteiger partial charge in [0.05, 0.1) is 36.2 Å². The molecule has 111 valence electrons. The summed E-state index contributed by atoms with van der Waals surface area (Å²) in [4.78, 5) is 28.0. The summed E-state index contributed by atoms with van der Waals surface area (Å²) >= 11 is 0. The van der Waals surface area contributed by atoms with E-state index >= 15 is 0 Å². The molecule has 0 saturated carbocycles. The summed E-state index contributed by atoms with van der Waals surface area (Å²) in [5.74, 6) is -4.31. The Morgan fingerprint density at radius 2 is 0.737 bits per heavy atom. The van der Waals surface area contributed by atoms with Crippen LogP contribution in [0.25, 0.3) is 0 Å². The van der Waals surface area contributed by atoms with Crippen molar-refractivity contribution < 1.29 is 62.4 Å². The zero-order chi connectivity index (χ0) is 15.5. The molecular weight excluding hydrogens is 304 g/mol. The van der Waals surface area contributed by atoms with Crippen LogP contribution in [0, 0.1) is 0 Å². The third-order valence-corrected chi connectivity index (χ3v) is 1.02. The van der Waals surface area contributed by atoms with Crippen molar-refractivity contribution in [3.05, 3.63) is 0 Å².